The minimum atomic E-state index is -2.31. The summed E-state index contributed by atoms with van der Waals surface area (Å²) in [6.07, 6.45) is -20.7. The van der Waals surface area contributed by atoms with Crippen molar-refractivity contribution in [3.8, 4) is 23.0 Å². The first-order valence-electron chi connectivity index (χ1n) is 18.0. The summed E-state index contributed by atoms with van der Waals surface area (Å²) in [6, 6.07) is 8.36. The Bertz CT molecular complexity index is 1670. The third-order valence-electron chi connectivity index (χ3n) is 9.97. The lowest BCUT2D eigenvalue weighted by Gasteiger charge is -2.49. The van der Waals surface area contributed by atoms with Crippen LogP contribution in [-0.2, 0) is 44.4 Å². The molecule has 2 aromatic rings. The number of carbonyl (C=O) groups is 1. The van der Waals surface area contributed by atoms with Crippen molar-refractivity contribution in [2.75, 3.05) is 26.9 Å². The van der Waals surface area contributed by atoms with Gasteiger partial charge >= 0.3 is 5.97 Å². The van der Waals surface area contributed by atoms with Gasteiger partial charge in [0.2, 0.25) is 0 Å². The minimum absolute atomic E-state index is 0.134. The zero-order valence-corrected chi connectivity index (χ0v) is 31.1. The average molecular weight is 815 g/mol. The van der Waals surface area contributed by atoms with Crippen LogP contribution in [0.5, 0.6) is 23.0 Å². The number of carbonyl (C=O) groups excluding carboxylic acids is 1. The molecule has 0 bridgehead atoms. The number of aromatic hydroxyl groups is 3. The molecule has 318 valence electrons. The second kappa shape index (κ2) is 18.9. The summed E-state index contributed by atoms with van der Waals surface area (Å²) in [7, 11) is 1.39. The van der Waals surface area contributed by atoms with Gasteiger partial charge in [0.25, 0.3) is 0 Å². The van der Waals surface area contributed by atoms with Gasteiger partial charge in [0, 0.05) is 6.08 Å². The maximum atomic E-state index is 13.4. The molecule has 0 unspecified atom stereocenters. The molecule has 0 saturated carbocycles. The number of rotatable bonds is 14. The molecule has 3 heterocycles. The summed E-state index contributed by atoms with van der Waals surface area (Å²) in [5.41, 5.74) is -1.44. The van der Waals surface area contributed by atoms with Crippen LogP contribution in [0.1, 0.15) is 25.0 Å². The van der Waals surface area contributed by atoms with E-state index in [1.165, 1.54) is 44.4 Å². The lowest BCUT2D eigenvalue weighted by molar-refractivity contribution is -0.379. The van der Waals surface area contributed by atoms with Crippen LogP contribution in [0.15, 0.2) is 42.5 Å². The van der Waals surface area contributed by atoms with E-state index in [4.69, 9.17) is 37.9 Å². The maximum absolute atomic E-state index is 13.4. The number of phenolic OH excluding ortho intramolecular Hbond substituents is 3. The van der Waals surface area contributed by atoms with Gasteiger partial charge in [0.1, 0.15) is 60.5 Å². The Kier molecular flexibility index (Phi) is 14.7. The molecule has 3 fully saturated rings. The number of hydrogen-bond donors (Lipinski definition) is 11. The summed E-state index contributed by atoms with van der Waals surface area (Å²) in [5.74, 6) is -1.85. The third kappa shape index (κ3) is 10.1. The van der Waals surface area contributed by atoms with E-state index >= 15 is 0 Å². The molecule has 0 amide bonds. The predicted molar refractivity (Wildman–Crippen MR) is 189 cm³/mol. The number of aliphatic hydroxyl groups is 8. The van der Waals surface area contributed by atoms with Crippen LogP contribution < -0.4 is 4.74 Å². The minimum Gasteiger partial charge on any atom is -0.504 e. The van der Waals surface area contributed by atoms with Gasteiger partial charge in [-0.05, 0) is 61.7 Å². The Morgan fingerprint density at radius 2 is 1.51 bits per heavy atom. The van der Waals surface area contributed by atoms with Crippen molar-refractivity contribution in [3.63, 3.8) is 0 Å². The SMILES string of the molecule is COc1ccc(CCO[C@@H]2O[C@H](CO[C@@H]3O[C@H](CO)[C@@H](O)[C@@H](O)[C@H]3O)[C@@H](OC(=O)/C=C/c3ccc(O)c(O)c3)[C@@H](O[C@@H]3O[C@H](C)[C@@H](O)[C@@H](O)[C@@]3(C)O)[C@H]2O)cc1O. The number of esters is 1. The van der Waals surface area contributed by atoms with E-state index in [0.717, 1.165) is 19.1 Å². The zero-order valence-electron chi connectivity index (χ0n) is 31.1. The topological polar surface area (TPSA) is 313 Å². The van der Waals surface area contributed by atoms with Crippen LogP contribution >= 0.6 is 0 Å². The largest absolute Gasteiger partial charge is 0.504 e. The molecule has 11 N–H and O–H groups in total. The molecule has 15 atom stereocenters. The van der Waals surface area contributed by atoms with Crippen molar-refractivity contribution in [1.82, 2.24) is 0 Å². The van der Waals surface area contributed by atoms with E-state index in [-0.39, 0.29) is 30.1 Å². The predicted octanol–water partition coefficient (Wildman–Crippen LogP) is -2.50. The Morgan fingerprint density at radius 1 is 0.807 bits per heavy atom. The molecule has 0 radical (unpaired) electrons. The summed E-state index contributed by atoms with van der Waals surface area (Å²) in [4.78, 5) is 13.4. The zero-order chi connectivity index (χ0) is 41.8. The van der Waals surface area contributed by atoms with Crippen molar-refractivity contribution >= 4 is 12.0 Å². The molecule has 2 aromatic carbocycles. The van der Waals surface area contributed by atoms with Gasteiger partial charge in [-0.2, -0.15) is 0 Å². The Balaban J connectivity index is 1.45. The van der Waals surface area contributed by atoms with E-state index < -0.39 is 122 Å². The van der Waals surface area contributed by atoms with E-state index in [1.54, 1.807) is 6.07 Å². The molecule has 20 heteroatoms. The van der Waals surface area contributed by atoms with Gasteiger partial charge in [-0.1, -0.05) is 12.1 Å². The standard InChI is InChI=1S/C37H50O20/c1-16-26(43)33(48)37(2,49)36(53-16)57-32-30(47)35(51-11-10-18-5-8-22(50-3)21(41)13-18)55-24(15-52-34-29(46)28(45)27(44)23(14-38)54-34)31(32)56-25(42)9-6-17-4-7-19(39)20(40)12-17/h4-9,12-13,16,23-24,26-36,38-41,43-49H,10-11,14-15H2,1-3H3/b9-6+/t16-,23-,24-,26-,27-,28-,29-,30-,31-,32+,33-,34-,35-,36+,37-/m1/s1. The molecule has 57 heavy (non-hydrogen) atoms. The monoisotopic (exact) mass is 814 g/mol. The van der Waals surface area contributed by atoms with E-state index in [2.05, 4.69) is 0 Å². The van der Waals surface area contributed by atoms with Crippen LogP contribution in [0.25, 0.3) is 6.08 Å². The van der Waals surface area contributed by atoms with Crippen LogP contribution in [0.3, 0.4) is 0 Å². The molecule has 3 aliphatic heterocycles. The van der Waals surface area contributed by atoms with Gasteiger partial charge in [-0.25, -0.2) is 4.79 Å². The Hall–Kier alpha value is -3.71. The van der Waals surface area contributed by atoms with Gasteiger partial charge in [0.05, 0.1) is 33.0 Å². The molecule has 3 saturated heterocycles. The second-order valence-corrected chi connectivity index (χ2v) is 14.1. The molecule has 0 spiro atoms. The quantitative estimate of drug-likeness (QED) is 0.0534. The van der Waals surface area contributed by atoms with E-state index in [1.807, 2.05) is 0 Å². The fraction of sp³-hybridized carbons (Fsp3) is 0.595. The first-order valence-corrected chi connectivity index (χ1v) is 18.0. The van der Waals surface area contributed by atoms with E-state index in [0.29, 0.717) is 5.56 Å². The van der Waals surface area contributed by atoms with Gasteiger partial charge in [-0.3, -0.25) is 0 Å². The van der Waals surface area contributed by atoms with Gasteiger partial charge in [0.15, 0.2) is 48.0 Å². The molecule has 5 rings (SSSR count). The summed E-state index contributed by atoms with van der Waals surface area (Å²) >= 11 is 0. The first-order chi connectivity index (χ1) is 27.0. The average Bonchev–Trinajstić information content (AvgIpc) is 3.18. The van der Waals surface area contributed by atoms with Crippen molar-refractivity contribution in [1.29, 1.82) is 0 Å². The summed E-state index contributed by atoms with van der Waals surface area (Å²) in [6.45, 7) is 0.920. The fourth-order valence-corrected chi connectivity index (χ4v) is 6.49. The second-order valence-electron chi connectivity index (χ2n) is 14.1. The number of ether oxygens (including phenoxy) is 8. The molecule has 3 aliphatic rings. The Labute approximate surface area is 326 Å². The fourth-order valence-electron chi connectivity index (χ4n) is 6.49. The van der Waals surface area contributed by atoms with Crippen molar-refractivity contribution in [2.24, 2.45) is 0 Å². The van der Waals surface area contributed by atoms with Gasteiger partial charge < -0.3 is 94.1 Å². The highest BCUT2D eigenvalue weighted by molar-refractivity contribution is 5.87. The van der Waals surface area contributed by atoms with Gasteiger partial charge in [-0.15, -0.1) is 0 Å². The lowest BCUT2D eigenvalue weighted by atomic mass is 9.88. The first kappa shape index (κ1) is 44.4. The smallest absolute Gasteiger partial charge is 0.331 e. The van der Waals surface area contributed by atoms with Crippen LogP contribution in [-0.4, -0.2) is 181 Å². The van der Waals surface area contributed by atoms with Crippen LogP contribution in [0, 0.1) is 0 Å². The number of benzene rings is 2. The highest BCUT2D eigenvalue weighted by Gasteiger charge is 2.56. The maximum Gasteiger partial charge on any atom is 0.331 e. The summed E-state index contributed by atoms with van der Waals surface area (Å²) < 4.78 is 45.8. The highest BCUT2D eigenvalue weighted by Crippen LogP contribution is 2.36. The molecular weight excluding hydrogens is 764 g/mol. The van der Waals surface area contributed by atoms with E-state index in [9.17, 15) is 61.0 Å². The lowest BCUT2D eigenvalue weighted by Crippen LogP contribution is -2.68. The molecule has 0 aliphatic carbocycles. The number of hydrogen-bond acceptors (Lipinski definition) is 20. The molecule has 20 nitrogen and oxygen atoms in total. The normalized spacial score (nSPS) is 37.2. The van der Waals surface area contributed by atoms with Crippen molar-refractivity contribution in [3.05, 3.63) is 53.6 Å². The van der Waals surface area contributed by atoms with Crippen LogP contribution in [0.2, 0.25) is 0 Å². The third-order valence-corrected chi connectivity index (χ3v) is 9.97. The number of phenols is 3. The van der Waals surface area contributed by atoms with Crippen LogP contribution in [0.4, 0.5) is 0 Å². The van der Waals surface area contributed by atoms with Crippen molar-refractivity contribution < 1.29 is 98.9 Å². The number of methoxy groups -OCH3 is 1. The van der Waals surface area contributed by atoms with Crippen molar-refractivity contribution in [2.45, 2.75) is 112 Å². The highest BCUT2D eigenvalue weighted by atomic mass is 16.8. The molecular formula is C37H50O20. The molecule has 0 aromatic heterocycles. The summed E-state index contributed by atoms with van der Waals surface area (Å²) in [5, 5.41) is 115. The number of aliphatic hydroxyl groups excluding tert-OH is 7. The Morgan fingerprint density at radius 3 is 2.18 bits per heavy atom.